The summed E-state index contributed by atoms with van der Waals surface area (Å²) in [6, 6.07) is 20.7. The third kappa shape index (κ3) is 6.18. The molecule has 0 aliphatic rings. The normalized spacial score (nSPS) is 10.6. The van der Waals surface area contributed by atoms with Gasteiger partial charge in [0.1, 0.15) is 11.5 Å². The monoisotopic (exact) mass is 422 g/mol. The number of ether oxygens (including phenoxy) is 2. The van der Waals surface area contributed by atoms with Crippen molar-refractivity contribution in [2.24, 2.45) is 5.10 Å². The molecule has 3 rings (SSSR count). The molecule has 0 aromatic heterocycles. The predicted octanol–water partition coefficient (Wildman–Crippen LogP) is 4.40. The Hall–Kier alpha value is -3.64. The fourth-order valence-electron chi connectivity index (χ4n) is 2.48. The molecule has 0 fully saturated rings. The maximum Gasteiger partial charge on any atom is 0.345 e. The van der Waals surface area contributed by atoms with Gasteiger partial charge in [0, 0.05) is 0 Å². The van der Waals surface area contributed by atoms with Crippen LogP contribution >= 0.6 is 11.6 Å². The summed E-state index contributed by atoms with van der Waals surface area (Å²) in [5.41, 5.74) is 4.45. The number of nitrogens with zero attached hydrogens (tertiary/aromatic N) is 1. The molecule has 3 aromatic carbocycles. The predicted molar refractivity (Wildman–Crippen MR) is 115 cm³/mol. The Labute approximate surface area is 179 Å². The molecule has 1 amide bonds. The summed E-state index contributed by atoms with van der Waals surface area (Å²) in [5.74, 6) is 0.0738. The van der Waals surface area contributed by atoms with Crippen LogP contribution in [0.15, 0.2) is 77.9 Å². The highest BCUT2D eigenvalue weighted by molar-refractivity contribution is 6.33. The standard InChI is InChI=1S/C23H19ClN2O4/c1-16-5-4-6-19(13-16)29-15-22(27)26-25-14-17-9-11-18(12-10-17)30-23(28)20-7-2-3-8-21(20)24/h2-14H,15H2,1H3,(H,26,27)/b25-14-. The zero-order chi connectivity index (χ0) is 21.3. The van der Waals surface area contributed by atoms with Crippen LogP contribution in [0.3, 0.4) is 0 Å². The van der Waals surface area contributed by atoms with Gasteiger partial charge in [-0.15, -0.1) is 0 Å². The van der Waals surface area contributed by atoms with Crippen molar-refractivity contribution in [1.82, 2.24) is 5.43 Å². The van der Waals surface area contributed by atoms with E-state index in [1.807, 2.05) is 25.1 Å². The summed E-state index contributed by atoms with van der Waals surface area (Å²) in [6.07, 6.45) is 1.48. The van der Waals surface area contributed by atoms with Crippen LogP contribution in [0.4, 0.5) is 0 Å². The van der Waals surface area contributed by atoms with Gasteiger partial charge in [0.2, 0.25) is 0 Å². The lowest BCUT2D eigenvalue weighted by Gasteiger charge is -2.06. The molecule has 152 valence electrons. The molecule has 0 unspecified atom stereocenters. The van der Waals surface area contributed by atoms with Gasteiger partial charge >= 0.3 is 5.97 Å². The first-order chi connectivity index (χ1) is 14.5. The summed E-state index contributed by atoms with van der Waals surface area (Å²) >= 11 is 6.00. The van der Waals surface area contributed by atoms with Gasteiger partial charge in [-0.3, -0.25) is 4.79 Å². The van der Waals surface area contributed by atoms with Crippen LogP contribution in [0.25, 0.3) is 0 Å². The quantitative estimate of drug-likeness (QED) is 0.265. The molecule has 0 aliphatic heterocycles. The van der Waals surface area contributed by atoms with Crippen LogP contribution in [0, 0.1) is 6.92 Å². The number of hydrogen-bond acceptors (Lipinski definition) is 5. The number of benzene rings is 3. The lowest BCUT2D eigenvalue weighted by molar-refractivity contribution is -0.123. The van der Waals surface area contributed by atoms with Crippen molar-refractivity contribution >= 4 is 29.7 Å². The molecule has 6 nitrogen and oxygen atoms in total. The van der Waals surface area contributed by atoms with Gasteiger partial charge in [0.15, 0.2) is 6.61 Å². The molecule has 30 heavy (non-hydrogen) atoms. The van der Waals surface area contributed by atoms with Crippen LogP contribution in [0.5, 0.6) is 11.5 Å². The van der Waals surface area contributed by atoms with Gasteiger partial charge in [0.05, 0.1) is 16.8 Å². The zero-order valence-electron chi connectivity index (χ0n) is 16.2. The number of nitrogens with one attached hydrogen (secondary N) is 1. The number of hydrazone groups is 1. The summed E-state index contributed by atoms with van der Waals surface area (Å²) in [5, 5.41) is 4.22. The first-order valence-corrected chi connectivity index (χ1v) is 9.47. The molecule has 0 spiro atoms. The fraction of sp³-hybridized carbons (Fsp3) is 0.0870. The average Bonchev–Trinajstić information content (AvgIpc) is 2.74. The largest absolute Gasteiger partial charge is 0.484 e. The van der Waals surface area contributed by atoms with Crippen molar-refractivity contribution in [2.45, 2.75) is 6.92 Å². The summed E-state index contributed by atoms with van der Waals surface area (Å²) in [7, 11) is 0. The molecule has 0 heterocycles. The second kappa shape index (κ2) is 10.2. The Morgan fingerprint density at radius 3 is 2.50 bits per heavy atom. The molecule has 0 atom stereocenters. The molecule has 7 heteroatoms. The molecular formula is C23H19ClN2O4. The Kier molecular flexibility index (Phi) is 7.19. The van der Waals surface area contributed by atoms with E-state index in [2.05, 4.69) is 10.5 Å². The molecule has 0 radical (unpaired) electrons. The van der Waals surface area contributed by atoms with E-state index in [1.165, 1.54) is 6.21 Å². The van der Waals surface area contributed by atoms with E-state index in [9.17, 15) is 9.59 Å². The van der Waals surface area contributed by atoms with Gasteiger partial charge in [0.25, 0.3) is 5.91 Å². The summed E-state index contributed by atoms with van der Waals surface area (Å²) in [6.45, 7) is 1.80. The number of hydrogen-bond donors (Lipinski definition) is 1. The number of rotatable bonds is 7. The van der Waals surface area contributed by atoms with E-state index in [4.69, 9.17) is 21.1 Å². The lowest BCUT2D eigenvalue weighted by atomic mass is 10.2. The first-order valence-electron chi connectivity index (χ1n) is 9.09. The molecule has 0 bridgehead atoms. The topological polar surface area (TPSA) is 77.0 Å². The molecule has 3 aromatic rings. The number of amides is 1. The van der Waals surface area contributed by atoms with E-state index >= 15 is 0 Å². The van der Waals surface area contributed by atoms with Crippen LogP contribution in [-0.2, 0) is 4.79 Å². The third-order valence-electron chi connectivity index (χ3n) is 3.95. The number of aryl methyl sites for hydroxylation is 1. The average molecular weight is 423 g/mol. The molecule has 1 N–H and O–H groups in total. The second-order valence-corrected chi connectivity index (χ2v) is 6.74. The number of esters is 1. The molecular weight excluding hydrogens is 404 g/mol. The summed E-state index contributed by atoms with van der Waals surface area (Å²) in [4.78, 5) is 24.0. The Balaban J connectivity index is 1.48. The van der Waals surface area contributed by atoms with Crippen LogP contribution in [0.1, 0.15) is 21.5 Å². The van der Waals surface area contributed by atoms with Crippen molar-refractivity contribution in [3.8, 4) is 11.5 Å². The lowest BCUT2D eigenvalue weighted by Crippen LogP contribution is -2.24. The van der Waals surface area contributed by atoms with Crippen molar-refractivity contribution < 1.29 is 19.1 Å². The van der Waals surface area contributed by atoms with Crippen molar-refractivity contribution in [3.63, 3.8) is 0 Å². The first kappa shape index (κ1) is 21.1. The van der Waals surface area contributed by atoms with E-state index in [0.717, 1.165) is 5.56 Å². The fourth-order valence-corrected chi connectivity index (χ4v) is 2.69. The van der Waals surface area contributed by atoms with Gasteiger partial charge < -0.3 is 9.47 Å². The van der Waals surface area contributed by atoms with Gasteiger partial charge in [-0.05, 0) is 66.6 Å². The molecule has 0 saturated heterocycles. The van der Waals surface area contributed by atoms with E-state index in [0.29, 0.717) is 27.6 Å². The SMILES string of the molecule is Cc1cccc(OCC(=O)N/N=C\c2ccc(OC(=O)c3ccccc3Cl)cc2)c1. The maximum absolute atomic E-state index is 12.2. The zero-order valence-corrected chi connectivity index (χ0v) is 16.9. The van der Waals surface area contributed by atoms with E-state index < -0.39 is 5.97 Å². The van der Waals surface area contributed by atoms with Gasteiger partial charge in [-0.1, -0.05) is 35.9 Å². The smallest absolute Gasteiger partial charge is 0.345 e. The third-order valence-corrected chi connectivity index (χ3v) is 4.28. The van der Waals surface area contributed by atoms with Crippen LogP contribution in [0.2, 0.25) is 5.02 Å². The second-order valence-electron chi connectivity index (χ2n) is 6.34. The van der Waals surface area contributed by atoms with Crippen LogP contribution < -0.4 is 14.9 Å². The van der Waals surface area contributed by atoms with Crippen molar-refractivity contribution in [1.29, 1.82) is 0 Å². The minimum absolute atomic E-state index is 0.141. The number of carbonyl (C=O) groups excluding carboxylic acids is 2. The molecule has 0 aliphatic carbocycles. The molecule has 0 saturated carbocycles. The van der Waals surface area contributed by atoms with Gasteiger partial charge in [-0.2, -0.15) is 5.10 Å². The Morgan fingerprint density at radius 2 is 1.77 bits per heavy atom. The van der Waals surface area contributed by atoms with Crippen LogP contribution in [-0.4, -0.2) is 24.7 Å². The number of halogens is 1. The number of carbonyl (C=O) groups is 2. The highest BCUT2D eigenvalue weighted by Gasteiger charge is 2.11. The minimum atomic E-state index is -0.539. The minimum Gasteiger partial charge on any atom is -0.484 e. The van der Waals surface area contributed by atoms with Crippen molar-refractivity contribution in [3.05, 3.63) is 94.5 Å². The highest BCUT2D eigenvalue weighted by Crippen LogP contribution is 2.19. The highest BCUT2D eigenvalue weighted by atomic mass is 35.5. The van der Waals surface area contributed by atoms with E-state index in [-0.39, 0.29) is 12.5 Å². The maximum atomic E-state index is 12.2. The summed E-state index contributed by atoms with van der Waals surface area (Å²) < 4.78 is 10.7. The van der Waals surface area contributed by atoms with Crippen molar-refractivity contribution in [2.75, 3.05) is 6.61 Å². The Morgan fingerprint density at radius 1 is 1.00 bits per heavy atom. The van der Waals surface area contributed by atoms with E-state index in [1.54, 1.807) is 54.6 Å². The Bertz CT molecular complexity index is 1060. The van der Waals surface area contributed by atoms with Gasteiger partial charge in [-0.25, -0.2) is 10.2 Å².